The lowest BCUT2D eigenvalue weighted by molar-refractivity contribution is 0.407. The minimum absolute atomic E-state index is 0.320. The minimum Gasteiger partial charge on any atom is -0.369 e. The zero-order valence-corrected chi connectivity index (χ0v) is 6.93. The molecule has 4 heteroatoms. The molecule has 1 aliphatic heterocycles. The molecule has 1 aliphatic rings. The van der Waals surface area contributed by atoms with Gasteiger partial charge in [0.05, 0.1) is 6.54 Å². The third kappa shape index (κ3) is 2.48. The SMILES string of the molecule is CN1CCC(NC(=N)CN)C1. The van der Waals surface area contributed by atoms with E-state index in [0.29, 0.717) is 18.4 Å². The van der Waals surface area contributed by atoms with Gasteiger partial charge in [-0.25, -0.2) is 0 Å². The molecule has 0 bridgehead atoms. The first-order valence-corrected chi connectivity index (χ1v) is 3.95. The first-order chi connectivity index (χ1) is 5.22. The Morgan fingerprint density at radius 1 is 1.82 bits per heavy atom. The summed E-state index contributed by atoms with van der Waals surface area (Å²) in [5, 5.41) is 10.4. The fraction of sp³-hybridized carbons (Fsp3) is 0.857. The lowest BCUT2D eigenvalue weighted by Crippen LogP contribution is -2.39. The Balaban J connectivity index is 2.23. The molecule has 11 heavy (non-hydrogen) atoms. The van der Waals surface area contributed by atoms with E-state index in [9.17, 15) is 0 Å². The van der Waals surface area contributed by atoms with Crippen LogP contribution in [0.15, 0.2) is 0 Å². The number of nitrogens with one attached hydrogen (secondary N) is 2. The molecule has 64 valence electrons. The van der Waals surface area contributed by atoms with E-state index in [1.165, 1.54) is 0 Å². The summed E-state index contributed by atoms with van der Waals surface area (Å²) in [5.41, 5.74) is 5.28. The third-order valence-electron chi connectivity index (χ3n) is 1.97. The van der Waals surface area contributed by atoms with E-state index in [4.69, 9.17) is 11.1 Å². The van der Waals surface area contributed by atoms with Gasteiger partial charge in [-0.1, -0.05) is 0 Å². The molecule has 0 aliphatic carbocycles. The highest BCUT2D eigenvalue weighted by atomic mass is 15.2. The maximum absolute atomic E-state index is 7.31. The molecule has 0 saturated carbocycles. The van der Waals surface area contributed by atoms with Crippen molar-refractivity contribution in [2.24, 2.45) is 5.73 Å². The molecule has 1 fully saturated rings. The Morgan fingerprint density at radius 3 is 3.00 bits per heavy atom. The molecule has 4 nitrogen and oxygen atoms in total. The van der Waals surface area contributed by atoms with Crippen molar-refractivity contribution in [3.8, 4) is 0 Å². The number of hydrogen-bond donors (Lipinski definition) is 3. The van der Waals surface area contributed by atoms with E-state index < -0.39 is 0 Å². The first kappa shape index (κ1) is 8.49. The van der Waals surface area contributed by atoms with Crippen LogP contribution >= 0.6 is 0 Å². The molecular weight excluding hydrogens is 140 g/mol. The average Bonchev–Trinajstić information content (AvgIpc) is 2.35. The minimum atomic E-state index is 0.320. The number of amidine groups is 1. The maximum atomic E-state index is 7.31. The molecule has 0 aromatic rings. The van der Waals surface area contributed by atoms with Gasteiger partial charge in [0.25, 0.3) is 0 Å². The summed E-state index contributed by atoms with van der Waals surface area (Å²) in [6, 6.07) is 0.441. The smallest absolute Gasteiger partial charge is 0.107 e. The molecule has 1 heterocycles. The van der Waals surface area contributed by atoms with Crippen molar-refractivity contribution in [2.45, 2.75) is 12.5 Å². The fourth-order valence-electron chi connectivity index (χ4n) is 1.36. The lowest BCUT2D eigenvalue weighted by Gasteiger charge is -2.13. The van der Waals surface area contributed by atoms with Crippen LogP contribution in [-0.2, 0) is 0 Å². The zero-order valence-electron chi connectivity index (χ0n) is 6.93. The van der Waals surface area contributed by atoms with Crippen LogP contribution in [-0.4, -0.2) is 43.5 Å². The van der Waals surface area contributed by atoms with Crippen molar-refractivity contribution < 1.29 is 0 Å². The Hall–Kier alpha value is -0.610. The fourth-order valence-corrected chi connectivity index (χ4v) is 1.36. The second-order valence-corrected chi connectivity index (χ2v) is 3.07. The summed E-state index contributed by atoms with van der Waals surface area (Å²) in [6.45, 7) is 2.47. The quantitative estimate of drug-likeness (QED) is 0.363. The average molecular weight is 156 g/mol. The molecule has 0 spiro atoms. The van der Waals surface area contributed by atoms with Gasteiger partial charge in [0.2, 0.25) is 0 Å². The number of hydrogen-bond acceptors (Lipinski definition) is 3. The summed E-state index contributed by atoms with van der Waals surface area (Å²) in [4.78, 5) is 2.25. The van der Waals surface area contributed by atoms with Crippen LogP contribution in [0.5, 0.6) is 0 Å². The predicted octanol–water partition coefficient (Wildman–Crippen LogP) is -0.784. The van der Waals surface area contributed by atoms with Crippen LogP contribution in [0.4, 0.5) is 0 Å². The van der Waals surface area contributed by atoms with Crippen LogP contribution in [0.25, 0.3) is 0 Å². The Labute approximate surface area is 67.3 Å². The summed E-state index contributed by atoms with van der Waals surface area (Å²) >= 11 is 0. The van der Waals surface area contributed by atoms with Crippen LogP contribution < -0.4 is 11.1 Å². The first-order valence-electron chi connectivity index (χ1n) is 3.95. The summed E-state index contributed by atoms with van der Waals surface area (Å²) in [7, 11) is 2.09. The van der Waals surface area contributed by atoms with Gasteiger partial charge in [0.15, 0.2) is 0 Å². The molecule has 0 amide bonds. The summed E-state index contributed by atoms with van der Waals surface area (Å²) in [5.74, 6) is 0.449. The molecule has 1 unspecified atom stereocenters. The number of nitrogens with two attached hydrogens (primary N) is 1. The van der Waals surface area contributed by atoms with Crippen LogP contribution in [0.3, 0.4) is 0 Å². The highest BCUT2D eigenvalue weighted by Gasteiger charge is 2.18. The Bertz CT molecular complexity index is 145. The highest BCUT2D eigenvalue weighted by Crippen LogP contribution is 2.05. The second kappa shape index (κ2) is 3.69. The van der Waals surface area contributed by atoms with Gasteiger partial charge in [-0.05, 0) is 20.0 Å². The molecular formula is C7H16N4. The van der Waals surface area contributed by atoms with Gasteiger partial charge < -0.3 is 16.0 Å². The number of rotatable bonds is 2. The van der Waals surface area contributed by atoms with Gasteiger partial charge in [0, 0.05) is 12.6 Å². The normalized spacial score (nSPS) is 25.5. The van der Waals surface area contributed by atoms with E-state index in [2.05, 4.69) is 17.3 Å². The van der Waals surface area contributed by atoms with Gasteiger partial charge >= 0.3 is 0 Å². The number of likely N-dealkylation sites (N-methyl/N-ethyl adjacent to an activating group) is 1. The van der Waals surface area contributed by atoms with Gasteiger partial charge in [-0.3, -0.25) is 5.41 Å². The van der Waals surface area contributed by atoms with E-state index in [-0.39, 0.29) is 0 Å². The summed E-state index contributed by atoms with van der Waals surface area (Å²) < 4.78 is 0. The van der Waals surface area contributed by atoms with Crippen LogP contribution in [0, 0.1) is 5.41 Å². The van der Waals surface area contributed by atoms with Crippen LogP contribution in [0.2, 0.25) is 0 Å². The number of nitrogens with zero attached hydrogens (tertiary/aromatic N) is 1. The van der Waals surface area contributed by atoms with Crippen molar-refractivity contribution in [1.82, 2.24) is 10.2 Å². The highest BCUT2D eigenvalue weighted by molar-refractivity contribution is 5.81. The van der Waals surface area contributed by atoms with E-state index in [0.717, 1.165) is 19.5 Å². The Kier molecular flexibility index (Phi) is 2.84. The van der Waals surface area contributed by atoms with Crippen molar-refractivity contribution in [3.05, 3.63) is 0 Å². The Morgan fingerprint density at radius 2 is 2.55 bits per heavy atom. The topological polar surface area (TPSA) is 65.1 Å². The van der Waals surface area contributed by atoms with Gasteiger partial charge in [-0.2, -0.15) is 0 Å². The van der Waals surface area contributed by atoms with E-state index in [1.807, 2.05) is 0 Å². The number of likely N-dealkylation sites (tertiary alicyclic amines) is 1. The monoisotopic (exact) mass is 156 g/mol. The van der Waals surface area contributed by atoms with E-state index in [1.54, 1.807) is 0 Å². The van der Waals surface area contributed by atoms with Crippen molar-refractivity contribution >= 4 is 5.84 Å². The van der Waals surface area contributed by atoms with Crippen LogP contribution in [0.1, 0.15) is 6.42 Å². The molecule has 0 radical (unpaired) electrons. The molecule has 4 N–H and O–H groups in total. The maximum Gasteiger partial charge on any atom is 0.107 e. The lowest BCUT2D eigenvalue weighted by atomic mass is 10.2. The largest absolute Gasteiger partial charge is 0.369 e. The molecule has 1 rings (SSSR count). The van der Waals surface area contributed by atoms with Crippen molar-refractivity contribution in [1.29, 1.82) is 5.41 Å². The molecule has 1 atom stereocenters. The van der Waals surface area contributed by atoms with Crippen molar-refractivity contribution in [3.63, 3.8) is 0 Å². The van der Waals surface area contributed by atoms with Gasteiger partial charge in [-0.15, -0.1) is 0 Å². The standard InChI is InChI=1S/C7H16N4/c1-11-3-2-6(5-11)10-7(9)4-8/h6H,2-5,8H2,1H3,(H2,9,10). The third-order valence-corrected chi connectivity index (χ3v) is 1.97. The van der Waals surface area contributed by atoms with Crippen molar-refractivity contribution in [2.75, 3.05) is 26.7 Å². The second-order valence-electron chi connectivity index (χ2n) is 3.07. The van der Waals surface area contributed by atoms with Gasteiger partial charge in [0.1, 0.15) is 5.84 Å². The molecule has 0 aromatic carbocycles. The molecule has 0 aromatic heterocycles. The van der Waals surface area contributed by atoms with E-state index >= 15 is 0 Å². The predicted molar refractivity (Wildman–Crippen MR) is 45.8 cm³/mol. The molecule has 1 saturated heterocycles. The summed E-state index contributed by atoms with van der Waals surface area (Å²) in [6.07, 6.45) is 1.12. The zero-order chi connectivity index (χ0) is 8.27.